The lowest BCUT2D eigenvalue weighted by atomic mass is 10.2. The Bertz CT molecular complexity index is 737. The number of halogens is 1. The lowest BCUT2D eigenvalue weighted by Crippen LogP contribution is -2.17. The van der Waals surface area contributed by atoms with E-state index in [0.29, 0.717) is 0 Å². The molecule has 2 aromatic rings. The van der Waals surface area contributed by atoms with Crippen molar-refractivity contribution in [2.45, 2.75) is 19.8 Å². The van der Waals surface area contributed by atoms with Crippen molar-refractivity contribution in [3.8, 4) is 23.7 Å². The molecule has 0 amide bonds. The molecule has 0 aliphatic heterocycles. The molecule has 1 nitrogen and oxygen atoms in total. The van der Waals surface area contributed by atoms with Crippen LogP contribution in [0.1, 0.15) is 30.9 Å². The Kier molecular flexibility index (Phi) is 6.28. The lowest BCUT2D eigenvalue weighted by Gasteiger charge is -2.18. The molecule has 0 heterocycles. The Balaban J connectivity index is 1.98. The van der Waals surface area contributed by atoms with Crippen molar-refractivity contribution < 1.29 is 4.39 Å². The van der Waals surface area contributed by atoms with Crippen LogP contribution in [0.2, 0.25) is 0 Å². The van der Waals surface area contributed by atoms with E-state index in [1.54, 1.807) is 12.1 Å². The highest BCUT2D eigenvalue weighted by atomic mass is 19.1. The highest BCUT2D eigenvalue weighted by Crippen LogP contribution is 2.13. The van der Waals surface area contributed by atoms with E-state index in [9.17, 15) is 4.39 Å². The van der Waals surface area contributed by atoms with E-state index in [-0.39, 0.29) is 5.82 Å². The Hall–Kier alpha value is -2.71. The van der Waals surface area contributed by atoms with Crippen LogP contribution in [0.3, 0.4) is 0 Å². The zero-order valence-corrected chi connectivity index (χ0v) is 13.6. The maximum absolute atomic E-state index is 12.8. The van der Waals surface area contributed by atoms with Gasteiger partial charge in [-0.3, -0.25) is 0 Å². The van der Waals surface area contributed by atoms with Crippen LogP contribution in [-0.2, 0) is 0 Å². The smallest absolute Gasteiger partial charge is 0.123 e. The summed E-state index contributed by atoms with van der Waals surface area (Å²) in [6.45, 7) is 3.25. The van der Waals surface area contributed by atoms with Gasteiger partial charge in [-0.05, 0) is 66.8 Å². The van der Waals surface area contributed by atoms with E-state index >= 15 is 0 Å². The zero-order chi connectivity index (χ0) is 16.5. The molecule has 0 aliphatic carbocycles. The predicted octanol–water partition coefficient (Wildman–Crippen LogP) is 4.47. The summed E-state index contributed by atoms with van der Waals surface area (Å²) in [5, 5.41) is 0. The maximum atomic E-state index is 12.8. The van der Waals surface area contributed by atoms with Crippen molar-refractivity contribution in [2.24, 2.45) is 0 Å². The van der Waals surface area contributed by atoms with E-state index in [2.05, 4.69) is 54.7 Å². The molecule has 0 saturated heterocycles. The minimum Gasteiger partial charge on any atom is -0.375 e. The summed E-state index contributed by atoms with van der Waals surface area (Å²) < 4.78 is 12.8. The highest BCUT2D eigenvalue weighted by molar-refractivity contribution is 5.51. The fraction of sp³-hybridized carbons (Fsp3) is 0.238. The van der Waals surface area contributed by atoms with Crippen molar-refractivity contribution >= 4 is 5.69 Å². The van der Waals surface area contributed by atoms with Gasteiger partial charge in [0.2, 0.25) is 0 Å². The Morgan fingerprint density at radius 2 is 1.39 bits per heavy atom. The van der Waals surface area contributed by atoms with Crippen LogP contribution in [0.4, 0.5) is 10.1 Å². The van der Waals surface area contributed by atoms with Crippen LogP contribution in [0.5, 0.6) is 0 Å². The molecule has 0 unspecified atom stereocenters. The zero-order valence-electron chi connectivity index (χ0n) is 13.6. The topological polar surface area (TPSA) is 3.24 Å². The number of benzene rings is 2. The fourth-order valence-corrected chi connectivity index (χ4v) is 2.06. The molecule has 2 heteroatoms. The standard InChI is InChI=1S/C21H20FN/c1-3-4-17-23(2)21-15-11-19(12-16-21)8-6-5-7-18-9-13-20(22)14-10-18/h9-16H,3-4,17H2,1-2H3. The Labute approximate surface area is 138 Å². The molecule has 0 bridgehead atoms. The Morgan fingerprint density at radius 1 is 0.870 bits per heavy atom. The van der Waals surface area contributed by atoms with Crippen LogP contribution in [0, 0.1) is 29.5 Å². The van der Waals surface area contributed by atoms with Crippen molar-refractivity contribution in [1.82, 2.24) is 0 Å². The first kappa shape index (κ1) is 16.7. The first-order chi connectivity index (χ1) is 11.2. The molecule has 0 atom stereocenters. The number of rotatable bonds is 4. The lowest BCUT2D eigenvalue weighted by molar-refractivity contribution is 0.627. The molecule has 0 aliphatic rings. The van der Waals surface area contributed by atoms with E-state index < -0.39 is 0 Å². The number of anilines is 1. The second-order valence-corrected chi connectivity index (χ2v) is 5.33. The quantitative estimate of drug-likeness (QED) is 0.754. The van der Waals surface area contributed by atoms with Crippen molar-refractivity contribution in [2.75, 3.05) is 18.5 Å². The summed E-state index contributed by atoms with van der Waals surface area (Å²) >= 11 is 0. The van der Waals surface area contributed by atoms with Gasteiger partial charge in [-0.2, -0.15) is 0 Å². The number of hydrogen-bond acceptors (Lipinski definition) is 1. The van der Waals surface area contributed by atoms with Crippen LogP contribution < -0.4 is 4.90 Å². The minimum atomic E-state index is -0.259. The molecule has 0 fully saturated rings. The molecule has 2 rings (SSSR count). The van der Waals surface area contributed by atoms with Crippen LogP contribution in [0.25, 0.3) is 0 Å². The molecular formula is C21H20FN. The van der Waals surface area contributed by atoms with Gasteiger partial charge in [0.25, 0.3) is 0 Å². The molecular weight excluding hydrogens is 285 g/mol. The second kappa shape index (κ2) is 8.66. The van der Waals surface area contributed by atoms with Gasteiger partial charge >= 0.3 is 0 Å². The van der Waals surface area contributed by atoms with Gasteiger partial charge in [0.1, 0.15) is 5.82 Å². The van der Waals surface area contributed by atoms with E-state index in [1.165, 1.54) is 30.7 Å². The van der Waals surface area contributed by atoms with E-state index in [4.69, 9.17) is 0 Å². The molecule has 116 valence electrons. The van der Waals surface area contributed by atoms with Crippen molar-refractivity contribution in [1.29, 1.82) is 0 Å². The van der Waals surface area contributed by atoms with E-state index in [0.717, 1.165) is 17.7 Å². The van der Waals surface area contributed by atoms with Gasteiger partial charge in [-0.25, -0.2) is 4.39 Å². The first-order valence-corrected chi connectivity index (χ1v) is 7.78. The van der Waals surface area contributed by atoms with Crippen LogP contribution in [0.15, 0.2) is 48.5 Å². The van der Waals surface area contributed by atoms with Gasteiger partial charge in [-0.15, -0.1) is 0 Å². The third kappa shape index (κ3) is 5.53. The van der Waals surface area contributed by atoms with E-state index in [1.807, 2.05) is 12.1 Å². The Morgan fingerprint density at radius 3 is 1.91 bits per heavy atom. The minimum absolute atomic E-state index is 0.259. The average molecular weight is 305 g/mol. The highest BCUT2D eigenvalue weighted by Gasteiger charge is 1.99. The molecule has 0 radical (unpaired) electrons. The predicted molar refractivity (Wildman–Crippen MR) is 94.8 cm³/mol. The third-order valence-corrected chi connectivity index (χ3v) is 3.48. The van der Waals surface area contributed by atoms with Crippen LogP contribution >= 0.6 is 0 Å². The first-order valence-electron chi connectivity index (χ1n) is 7.78. The van der Waals surface area contributed by atoms with Crippen molar-refractivity contribution in [3.05, 3.63) is 65.5 Å². The largest absolute Gasteiger partial charge is 0.375 e. The molecule has 23 heavy (non-hydrogen) atoms. The van der Waals surface area contributed by atoms with Gasteiger partial charge < -0.3 is 4.90 Å². The molecule has 2 aromatic carbocycles. The summed E-state index contributed by atoms with van der Waals surface area (Å²) in [7, 11) is 2.10. The average Bonchev–Trinajstić information content (AvgIpc) is 2.58. The summed E-state index contributed by atoms with van der Waals surface area (Å²) in [6.07, 6.45) is 2.39. The van der Waals surface area contributed by atoms with Crippen LogP contribution in [-0.4, -0.2) is 13.6 Å². The third-order valence-electron chi connectivity index (χ3n) is 3.48. The van der Waals surface area contributed by atoms with Gasteiger partial charge in [0.15, 0.2) is 0 Å². The SMILES string of the molecule is CCCCN(C)c1ccc(C#CC#Cc2ccc(F)cc2)cc1. The molecule has 0 aromatic heterocycles. The maximum Gasteiger partial charge on any atom is 0.123 e. The fourth-order valence-electron chi connectivity index (χ4n) is 2.06. The number of unbranched alkanes of at least 4 members (excludes halogenated alkanes) is 1. The molecule has 0 spiro atoms. The van der Waals surface area contributed by atoms with Crippen molar-refractivity contribution in [3.63, 3.8) is 0 Å². The normalized spacial score (nSPS) is 9.35. The van der Waals surface area contributed by atoms with Gasteiger partial charge in [-0.1, -0.05) is 25.2 Å². The summed E-state index contributed by atoms with van der Waals surface area (Å²) in [5.41, 5.74) is 2.89. The number of nitrogens with zero attached hydrogens (tertiary/aromatic N) is 1. The van der Waals surface area contributed by atoms with Gasteiger partial charge in [0.05, 0.1) is 0 Å². The van der Waals surface area contributed by atoms with Gasteiger partial charge in [0, 0.05) is 30.4 Å². The molecule has 0 N–H and O–H groups in total. The monoisotopic (exact) mass is 305 g/mol. The summed E-state index contributed by atoms with van der Waals surface area (Å²) in [5.74, 6) is 11.3. The number of hydrogen-bond donors (Lipinski definition) is 0. The summed E-state index contributed by atoms with van der Waals surface area (Å²) in [4.78, 5) is 2.25. The second-order valence-electron chi connectivity index (χ2n) is 5.33. The summed E-state index contributed by atoms with van der Waals surface area (Å²) in [6, 6.07) is 14.2. The molecule has 0 saturated carbocycles.